The van der Waals surface area contributed by atoms with E-state index in [4.69, 9.17) is 0 Å². The molecular formula is C25H27N3O. The van der Waals surface area contributed by atoms with Gasteiger partial charge in [-0.25, -0.2) is 0 Å². The van der Waals surface area contributed by atoms with Gasteiger partial charge in [-0.05, 0) is 36.1 Å². The van der Waals surface area contributed by atoms with Crippen LogP contribution in [0.3, 0.4) is 0 Å². The van der Waals surface area contributed by atoms with Crippen LogP contribution in [0.4, 0.5) is 0 Å². The average Bonchev–Trinajstić information content (AvgIpc) is 3.22. The Kier molecular flexibility index (Phi) is 6.32. The van der Waals surface area contributed by atoms with Gasteiger partial charge in [0.25, 0.3) is 0 Å². The molecule has 29 heavy (non-hydrogen) atoms. The molecule has 0 radical (unpaired) electrons. The smallest absolute Gasteiger partial charge is 0.233 e. The van der Waals surface area contributed by atoms with Crippen LogP contribution in [0.1, 0.15) is 29.2 Å². The molecule has 2 heterocycles. The lowest BCUT2D eigenvalue weighted by Gasteiger charge is -2.21. The zero-order chi connectivity index (χ0) is 19.9. The Morgan fingerprint density at radius 2 is 1.72 bits per heavy atom. The van der Waals surface area contributed by atoms with Crippen molar-refractivity contribution in [1.82, 2.24) is 15.2 Å². The Bertz CT molecular complexity index is 860. The topological polar surface area (TPSA) is 45.2 Å². The van der Waals surface area contributed by atoms with Crippen LogP contribution in [-0.4, -0.2) is 41.5 Å². The van der Waals surface area contributed by atoms with E-state index in [1.54, 1.807) is 6.20 Å². The van der Waals surface area contributed by atoms with Gasteiger partial charge in [-0.15, -0.1) is 0 Å². The molecule has 2 unspecified atom stereocenters. The van der Waals surface area contributed by atoms with E-state index in [1.807, 2.05) is 48.5 Å². The summed E-state index contributed by atoms with van der Waals surface area (Å²) in [6.45, 7) is 2.96. The van der Waals surface area contributed by atoms with Crippen LogP contribution < -0.4 is 5.32 Å². The van der Waals surface area contributed by atoms with E-state index in [0.717, 1.165) is 43.7 Å². The molecule has 1 fully saturated rings. The van der Waals surface area contributed by atoms with Gasteiger partial charge in [-0.2, -0.15) is 0 Å². The van der Waals surface area contributed by atoms with Gasteiger partial charge in [-0.1, -0.05) is 66.7 Å². The molecule has 0 aliphatic carbocycles. The van der Waals surface area contributed by atoms with Gasteiger partial charge in [0, 0.05) is 31.9 Å². The molecule has 1 aliphatic rings. The third-order valence-corrected chi connectivity index (χ3v) is 5.56. The summed E-state index contributed by atoms with van der Waals surface area (Å²) in [6, 6.07) is 26.4. The van der Waals surface area contributed by atoms with Crippen LogP contribution in [0.25, 0.3) is 0 Å². The fraction of sp³-hybridized carbons (Fsp3) is 0.280. The highest BCUT2D eigenvalue weighted by Crippen LogP contribution is 2.24. The number of amides is 1. The van der Waals surface area contributed by atoms with E-state index in [1.165, 1.54) is 5.56 Å². The highest BCUT2D eigenvalue weighted by molar-refractivity contribution is 5.86. The van der Waals surface area contributed by atoms with Gasteiger partial charge >= 0.3 is 0 Å². The Hall–Kier alpha value is -2.98. The second-order valence-electron chi connectivity index (χ2n) is 7.63. The molecule has 4 nitrogen and oxygen atoms in total. The number of benzene rings is 2. The van der Waals surface area contributed by atoms with Crippen molar-refractivity contribution < 1.29 is 4.79 Å². The fourth-order valence-electron chi connectivity index (χ4n) is 4.02. The maximum absolute atomic E-state index is 13.2. The number of nitrogens with zero attached hydrogens (tertiary/aromatic N) is 2. The Labute approximate surface area is 172 Å². The predicted octanol–water partition coefficient (Wildman–Crippen LogP) is 3.65. The first kappa shape index (κ1) is 19.3. The van der Waals surface area contributed by atoms with Gasteiger partial charge in [0.05, 0.1) is 5.69 Å². The fourth-order valence-corrected chi connectivity index (χ4v) is 4.02. The van der Waals surface area contributed by atoms with Crippen LogP contribution in [0.15, 0.2) is 85.1 Å². The molecule has 1 aliphatic heterocycles. The van der Waals surface area contributed by atoms with E-state index in [2.05, 4.69) is 45.5 Å². The maximum atomic E-state index is 13.2. The Morgan fingerprint density at radius 3 is 2.45 bits per heavy atom. The van der Waals surface area contributed by atoms with E-state index < -0.39 is 0 Å². The van der Waals surface area contributed by atoms with E-state index in [0.29, 0.717) is 0 Å². The summed E-state index contributed by atoms with van der Waals surface area (Å²) < 4.78 is 0. The van der Waals surface area contributed by atoms with E-state index in [-0.39, 0.29) is 17.9 Å². The van der Waals surface area contributed by atoms with Crippen molar-refractivity contribution in [2.75, 3.05) is 19.6 Å². The highest BCUT2D eigenvalue weighted by atomic mass is 16.2. The zero-order valence-corrected chi connectivity index (χ0v) is 16.6. The number of carbonyl (C=O) groups is 1. The summed E-state index contributed by atoms with van der Waals surface area (Å²) in [5, 5.41) is 3.28. The first-order chi connectivity index (χ1) is 14.3. The predicted molar refractivity (Wildman–Crippen MR) is 116 cm³/mol. The molecule has 148 valence electrons. The normalized spacial score (nSPS) is 17.7. The van der Waals surface area contributed by atoms with E-state index in [9.17, 15) is 4.79 Å². The van der Waals surface area contributed by atoms with Gasteiger partial charge in [0.2, 0.25) is 5.91 Å². The van der Waals surface area contributed by atoms with Crippen molar-refractivity contribution in [2.24, 2.45) is 0 Å². The number of carbonyl (C=O) groups excluding carboxylic acids is 1. The molecule has 0 spiro atoms. The van der Waals surface area contributed by atoms with Gasteiger partial charge < -0.3 is 10.2 Å². The third-order valence-electron chi connectivity index (χ3n) is 5.56. The van der Waals surface area contributed by atoms with Crippen LogP contribution in [0, 0.1) is 0 Å². The number of likely N-dealkylation sites (tertiary alicyclic amines) is 1. The third kappa shape index (κ3) is 5.09. The summed E-state index contributed by atoms with van der Waals surface area (Å²) in [5.74, 6) is -0.347. The first-order valence-corrected chi connectivity index (χ1v) is 10.3. The molecule has 0 saturated carbocycles. The van der Waals surface area contributed by atoms with E-state index >= 15 is 0 Å². The lowest BCUT2D eigenvalue weighted by atomic mass is 9.94. The second-order valence-corrected chi connectivity index (χ2v) is 7.63. The minimum Gasteiger partial charge on any atom is -0.351 e. The van der Waals surface area contributed by atoms with Crippen molar-refractivity contribution in [3.63, 3.8) is 0 Å². The number of hydrogen-bond donors (Lipinski definition) is 1. The average molecular weight is 386 g/mol. The minimum absolute atomic E-state index is 0.0322. The van der Waals surface area contributed by atoms with Crippen molar-refractivity contribution >= 4 is 5.91 Å². The lowest BCUT2D eigenvalue weighted by molar-refractivity contribution is -0.122. The largest absolute Gasteiger partial charge is 0.351 e. The summed E-state index contributed by atoms with van der Waals surface area (Å²) >= 11 is 0. The highest BCUT2D eigenvalue weighted by Gasteiger charge is 2.29. The van der Waals surface area contributed by atoms with Gasteiger partial charge in [-0.3, -0.25) is 9.78 Å². The standard InChI is InChI=1S/C25H27N3O/c29-25(24(21-11-5-2-6-12-21)23-13-7-8-16-26-23)27-22-15-18-28(19-22)17-14-20-9-3-1-4-10-20/h1-13,16,22,24H,14-15,17-19H2,(H,27,29). The molecule has 1 saturated heterocycles. The SMILES string of the molecule is O=C(NC1CCN(CCc2ccccc2)C1)C(c1ccccc1)c1ccccn1. The molecule has 2 atom stereocenters. The van der Waals surface area contributed by atoms with Crippen LogP contribution in [-0.2, 0) is 11.2 Å². The first-order valence-electron chi connectivity index (χ1n) is 10.3. The number of pyridine rings is 1. The Morgan fingerprint density at radius 1 is 1.00 bits per heavy atom. The monoisotopic (exact) mass is 385 g/mol. The number of aromatic nitrogens is 1. The van der Waals surface area contributed by atoms with Crippen molar-refractivity contribution in [2.45, 2.75) is 24.8 Å². The van der Waals surface area contributed by atoms with Crippen molar-refractivity contribution in [3.8, 4) is 0 Å². The summed E-state index contributed by atoms with van der Waals surface area (Å²) in [5.41, 5.74) is 3.12. The quantitative estimate of drug-likeness (QED) is 0.675. The van der Waals surface area contributed by atoms with Crippen LogP contribution in [0.2, 0.25) is 0 Å². The molecular weight excluding hydrogens is 358 g/mol. The molecule has 1 aromatic heterocycles. The summed E-state index contributed by atoms with van der Waals surface area (Å²) in [7, 11) is 0. The van der Waals surface area contributed by atoms with Crippen LogP contribution >= 0.6 is 0 Å². The lowest BCUT2D eigenvalue weighted by Crippen LogP contribution is -2.40. The summed E-state index contributed by atoms with van der Waals surface area (Å²) in [4.78, 5) is 20.1. The van der Waals surface area contributed by atoms with Crippen molar-refractivity contribution in [3.05, 3.63) is 102 Å². The molecule has 4 rings (SSSR count). The zero-order valence-electron chi connectivity index (χ0n) is 16.6. The molecule has 3 aromatic rings. The number of rotatable bonds is 7. The molecule has 4 heteroatoms. The van der Waals surface area contributed by atoms with Gasteiger partial charge in [0.15, 0.2) is 0 Å². The second kappa shape index (κ2) is 9.48. The summed E-state index contributed by atoms with van der Waals surface area (Å²) in [6.07, 6.45) is 3.78. The van der Waals surface area contributed by atoms with Crippen molar-refractivity contribution in [1.29, 1.82) is 0 Å². The number of hydrogen-bond acceptors (Lipinski definition) is 3. The van der Waals surface area contributed by atoms with Gasteiger partial charge in [0.1, 0.15) is 5.92 Å². The van der Waals surface area contributed by atoms with Crippen LogP contribution in [0.5, 0.6) is 0 Å². The molecule has 2 aromatic carbocycles. The maximum Gasteiger partial charge on any atom is 0.233 e. The Balaban J connectivity index is 1.38. The molecule has 1 N–H and O–H groups in total. The molecule has 1 amide bonds. The minimum atomic E-state index is -0.379. The molecule has 0 bridgehead atoms. The number of nitrogens with one attached hydrogen (secondary N) is 1.